The van der Waals surface area contributed by atoms with Gasteiger partial charge in [0.25, 0.3) is 0 Å². The third kappa shape index (κ3) is 2.77. The molecule has 0 radical (unpaired) electrons. The summed E-state index contributed by atoms with van der Waals surface area (Å²) in [4.78, 5) is 14.1. The molecule has 2 aliphatic carbocycles. The lowest BCUT2D eigenvalue weighted by Crippen LogP contribution is -2.16. The predicted octanol–water partition coefficient (Wildman–Crippen LogP) is 4.87. The monoisotopic (exact) mass is 380 g/mol. The predicted molar refractivity (Wildman–Crippen MR) is 106 cm³/mol. The van der Waals surface area contributed by atoms with Crippen LogP contribution in [0.15, 0.2) is 18.5 Å². The maximum absolute atomic E-state index is 14.4. The number of rotatable bonds is 6. The van der Waals surface area contributed by atoms with Crippen LogP contribution in [0.1, 0.15) is 50.0 Å². The fourth-order valence-corrected chi connectivity index (χ4v) is 4.46. The van der Waals surface area contributed by atoms with Gasteiger partial charge in [0, 0.05) is 18.0 Å². The van der Waals surface area contributed by atoms with Crippen molar-refractivity contribution in [2.24, 2.45) is 11.8 Å². The molecule has 2 aromatic heterocycles. The SMILES string of the molecule is CCc1nc2c(-c3cc(F)c(OC)cc3C)ncnc2n1C(C1CC1)C1CC1. The second kappa shape index (κ2) is 6.54. The molecule has 5 nitrogen and oxygen atoms in total. The topological polar surface area (TPSA) is 52.8 Å². The first-order chi connectivity index (χ1) is 13.6. The van der Waals surface area contributed by atoms with Crippen molar-refractivity contribution < 1.29 is 9.13 Å². The molecule has 0 saturated heterocycles. The third-order valence-corrected chi connectivity index (χ3v) is 6.13. The summed E-state index contributed by atoms with van der Waals surface area (Å²) in [6.07, 6.45) is 7.63. The number of halogens is 1. The Kier molecular flexibility index (Phi) is 4.11. The molecule has 0 aliphatic heterocycles. The number of ether oxygens (including phenoxy) is 1. The molecule has 146 valence electrons. The Hall–Kier alpha value is -2.50. The molecule has 2 fully saturated rings. The molecule has 2 saturated carbocycles. The highest BCUT2D eigenvalue weighted by molar-refractivity contribution is 5.88. The summed E-state index contributed by atoms with van der Waals surface area (Å²) in [6, 6.07) is 3.71. The van der Waals surface area contributed by atoms with Crippen LogP contribution in [0.5, 0.6) is 5.75 Å². The quantitative estimate of drug-likeness (QED) is 0.612. The number of nitrogens with zero attached hydrogens (tertiary/aromatic N) is 4. The van der Waals surface area contributed by atoms with Gasteiger partial charge in [0.15, 0.2) is 17.2 Å². The van der Waals surface area contributed by atoms with Crippen LogP contribution in [-0.4, -0.2) is 26.6 Å². The number of imidazole rings is 1. The second-order valence-electron chi connectivity index (χ2n) is 8.11. The van der Waals surface area contributed by atoms with Crippen LogP contribution in [0.2, 0.25) is 0 Å². The summed E-state index contributed by atoms with van der Waals surface area (Å²) in [6.45, 7) is 4.08. The van der Waals surface area contributed by atoms with Crippen LogP contribution < -0.4 is 4.74 Å². The summed E-state index contributed by atoms with van der Waals surface area (Å²) in [5, 5.41) is 0. The van der Waals surface area contributed by atoms with Crippen LogP contribution in [0, 0.1) is 24.6 Å². The first-order valence-corrected chi connectivity index (χ1v) is 10.2. The van der Waals surface area contributed by atoms with Crippen molar-refractivity contribution in [2.75, 3.05) is 7.11 Å². The third-order valence-electron chi connectivity index (χ3n) is 6.13. The van der Waals surface area contributed by atoms with Crippen molar-refractivity contribution in [3.8, 4) is 17.0 Å². The lowest BCUT2D eigenvalue weighted by atomic mass is 10.0. The van der Waals surface area contributed by atoms with E-state index in [0.717, 1.165) is 46.4 Å². The number of aryl methyl sites for hydroxylation is 2. The van der Waals surface area contributed by atoms with E-state index in [-0.39, 0.29) is 11.6 Å². The van der Waals surface area contributed by atoms with E-state index in [0.29, 0.717) is 11.7 Å². The Morgan fingerprint density at radius 3 is 2.50 bits per heavy atom. The second-order valence-corrected chi connectivity index (χ2v) is 8.11. The molecular weight excluding hydrogens is 355 g/mol. The maximum atomic E-state index is 14.4. The summed E-state index contributed by atoms with van der Waals surface area (Å²) in [7, 11) is 1.48. The van der Waals surface area contributed by atoms with Crippen molar-refractivity contribution in [3.05, 3.63) is 35.7 Å². The van der Waals surface area contributed by atoms with Gasteiger partial charge in [0.2, 0.25) is 0 Å². The van der Waals surface area contributed by atoms with Gasteiger partial charge in [0.05, 0.1) is 7.11 Å². The van der Waals surface area contributed by atoms with Crippen molar-refractivity contribution in [3.63, 3.8) is 0 Å². The van der Waals surface area contributed by atoms with Gasteiger partial charge < -0.3 is 9.30 Å². The molecule has 6 heteroatoms. The van der Waals surface area contributed by atoms with Gasteiger partial charge >= 0.3 is 0 Å². The minimum atomic E-state index is -0.390. The van der Waals surface area contributed by atoms with Gasteiger partial charge in [0.1, 0.15) is 23.4 Å². The normalized spacial score (nSPS) is 16.9. The van der Waals surface area contributed by atoms with Crippen LogP contribution in [0.4, 0.5) is 4.39 Å². The van der Waals surface area contributed by atoms with E-state index in [1.807, 2.05) is 6.92 Å². The molecule has 0 atom stereocenters. The van der Waals surface area contributed by atoms with E-state index in [2.05, 4.69) is 21.5 Å². The summed E-state index contributed by atoms with van der Waals surface area (Å²) >= 11 is 0. The first kappa shape index (κ1) is 17.6. The van der Waals surface area contributed by atoms with Gasteiger partial charge in [-0.2, -0.15) is 0 Å². The van der Waals surface area contributed by atoms with Crippen LogP contribution >= 0.6 is 0 Å². The van der Waals surface area contributed by atoms with Crippen LogP contribution in [-0.2, 0) is 6.42 Å². The highest BCUT2D eigenvalue weighted by Gasteiger charge is 2.44. The molecule has 2 heterocycles. The molecule has 0 amide bonds. The Morgan fingerprint density at radius 2 is 1.89 bits per heavy atom. The van der Waals surface area contributed by atoms with Crippen molar-refractivity contribution in [1.29, 1.82) is 0 Å². The van der Waals surface area contributed by atoms with Crippen LogP contribution in [0.3, 0.4) is 0 Å². The van der Waals surface area contributed by atoms with Gasteiger partial charge in [-0.1, -0.05) is 6.92 Å². The Balaban J connectivity index is 1.71. The molecule has 0 N–H and O–H groups in total. The van der Waals surface area contributed by atoms with Crippen molar-refractivity contribution >= 4 is 11.2 Å². The van der Waals surface area contributed by atoms with E-state index in [1.165, 1.54) is 38.9 Å². The minimum Gasteiger partial charge on any atom is -0.494 e. The smallest absolute Gasteiger partial charge is 0.165 e. The van der Waals surface area contributed by atoms with Crippen molar-refractivity contribution in [1.82, 2.24) is 19.5 Å². The number of hydrogen-bond donors (Lipinski definition) is 0. The maximum Gasteiger partial charge on any atom is 0.165 e. The number of fused-ring (bicyclic) bond motifs is 1. The molecule has 1 aromatic carbocycles. The van der Waals surface area contributed by atoms with Gasteiger partial charge in [-0.3, -0.25) is 0 Å². The highest BCUT2D eigenvalue weighted by atomic mass is 19.1. The highest BCUT2D eigenvalue weighted by Crippen LogP contribution is 2.53. The zero-order chi connectivity index (χ0) is 19.4. The Labute approximate surface area is 164 Å². The largest absolute Gasteiger partial charge is 0.494 e. The van der Waals surface area contributed by atoms with Gasteiger partial charge in [-0.25, -0.2) is 19.3 Å². The van der Waals surface area contributed by atoms with Gasteiger partial charge in [-0.05, 0) is 62.1 Å². The Morgan fingerprint density at radius 1 is 1.18 bits per heavy atom. The van der Waals surface area contributed by atoms with E-state index < -0.39 is 0 Å². The van der Waals surface area contributed by atoms with E-state index in [9.17, 15) is 4.39 Å². The summed E-state index contributed by atoms with van der Waals surface area (Å²) < 4.78 is 21.9. The van der Waals surface area contributed by atoms with Gasteiger partial charge in [-0.15, -0.1) is 0 Å². The fraction of sp³-hybridized carbons (Fsp3) is 0.500. The molecule has 5 rings (SSSR count). The number of aromatic nitrogens is 4. The van der Waals surface area contributed by atoms with E-state index >= 15 is 0 Å². The molecule has 3 aromatic rings. The summed E-state index contributed by atoms with van der Waals surface area (Å²) in [5.74, 6) is 2.41. The molecule has 0 bridgehead atoms. The number of hydrogen-bond acceptors (Lipinski definition) is 4. The first-order valence-electron chi connectivity index (χ1n) is 10.2. The minimum absolute atomic E-state index is 0.244. The zero-order valence-corrected chi connectivity index (χ0v) is 16.6. The lowest BCUT2D eigenvalue weighted by molar-refractivity contribution is 0.386. The fourth-order valence-electron chi connectivity index (χ4n) is 4.46. The average molecular weight is 380 g/mol. The van der Waals surface area contributed by atoms with E-state index in [4.69, 9.17) is 9.72 Å². The van der Waals surface area contributed by atoms with E-state index in [1.54, 1.807) is 12.4 Å². The summed E-state index contributed by atoms with van der Waals surface area (Å²) in [5.41, 5.74) is 4.02. The Bertz CT molecular complexity index is 1040. The van der Waals surface area contributed by atoms with Crippen LogP contribution in [0.25, 0.3) is 22.4 Å². The van der Waals surface area contributed by atoms with Crippen molar-refractivity contribution in [2.45, 2.75) is 52.0 Å². The zero-order valence-electron chi connectivity index (χ0n) is 16.6. The molecule has 0 spiro atoms. The number of methoxy groups -OCH3 is 1. The lowest BCUT2D eigenvalue weighted by Gasteiger charge is -2.20. The molecule has 28 heavy (non-hydrogen) atoms. The average Bonchev–Trinajstić information content (AvgIpc) is 3.62. The molecule has 2 aliphatic rings. The standard InChI is InChI=1S/C22H25FN4O/c1-4-18-26-20-19(15-10-16(23)17(28-3)9-12(15)2)24-11-25-22(20)27(18)21(13-5-6-13)14-7-8-14/h9-11,13-14,21H,4-8H2,1-3H3. The molecule has 0 unspecified atom stereocenters. The number of benzene rings is 1. The molecular formula is C22H25FN4O.